The number of hydrogen-bond acceptors (Lipinski definition) is 5. The van der Waals surface area contributed by atoms with Gasteiger partial charge in [-0.05, 0) is 36.4 Å². The molecule has 3 rings (SSSR count). The third-order valence-electron chi connectivity index (χ3n) is 4.73. The van der Waals surface area contributed by atoms with Crippen molar-refractivity contribution in [3.63, 3.8) is 0 Å². The van der Waals surface area contributed by atoms with Gasteiger partial charge in [0.25, 0.3) is 10.0 Å². The summed E-state index contributed by atoms with van der Waals surface area (Å²) in [6.07, 6.45) is -6.62. The lowest BCUT2D eigenvalue weighted by atomic mass is 10.1. The average Bonchev–Trinajstić information content (AvgIpc) is 2.72. The Morgan fingerprint density at radius 3 is 2.58 bits per heavy atom. The second kappa shape index (κ2) is 9.17. The number of carbonyl (C=O) groups excluding carboxylic acids is 1. The van der Waals surface area contributed by atoms with E-state index in [1.807, 2.05) is 0 Å². The number of halogens is 3. The van der Waals surface area contributed by atoms with Crippen molar-refractivity contribution in [3.8, 4) is 5.75 Å². The average molecular weight is 487 g/mol. The molecule has 9 nitrogen and oxygen atoms in total. The van der Waals surface area contributed by atoms with Crippen LogP contribution in [0.3, 0.4) is 0 Å². The van der Waals surface area contributed by atoms with Crippen molar-refractivity contribution >= 4 is 33.4 Å². The van der Waals surface area contributed by atoms with Crippen LogP contribution in [0.25, 0.3) is 0 Å². The maximum absolute atomic E-state index is 13.4. The quantitative estimate of drug-likeness (QED) is 0.574. The largest absolute Gasteiger partial charge is 0.486 e. The molecule has 2 aromatic rings. The second-order valence-electron chi connectivity index (χ2n) is 7.19. The molecular weight excluding hydrogens is 467 g/mol. The fourth-order valence-electron chi connectivity index (χ4n) is 3.26. The highest BCUT2D eigenvalue weighted by Gasteiger charge is 2.37. The number of anilines is 2. The van der Waals surface area contributed by atoms with Gasteiger partial charge in [0.1, 0.15) is 11.9 Å². The van der Waals surface area contributed by atoms with Crippen LogP contribution in [0.4, 0.5) is 29.3 Å². The van der Waals surface area contributed by atoms with Crippen LogP contribution in [0.15, 0.2) is 47.4 Å². The molecular formula is C20H20F3N3O6S. The first kappa shape index (κ1) is 24.2. The van der Waals surface area contributed by atoms with E-state index in [0.29, 0.717) is 6.07 Å². The molecule has 0 saturated heterocycles. The number of rotatable bonds is 6. The lowest BCUT2D eigenvalue weighted by Gasteiger charge is -2.36. The standard InChI is InChI=1S/C20H20F3N3O6S/c1-12(27)24-8-7-15-11-26(17-10-14(25-19(28)29)5-6-18(17)32-15)33(30,31)16-4-2-3-13(9-16)20(21,22)23/h2-6,9-10,15,25H,7-8,11H2,1H3,(H,24,27)(H,28,29). The highest BCUT2D eigenvalue weighted by atomic mass is 32.2. The van der Waals surface area contributed by atoms with E-state index in [1.54, 1.807) is 0 Å². The number of carboxylic acid groups (broad SMARTS) is 1. The summed E-state index contributed by atoms with van der Waals surface area (Å²) in [6.45, 7) is 1.24. The number of benzene rings is 2. The van der Waals surface area contributed by atoms with E-state index < -0.39 is 38.9 Å². The Labute approximate surface area is 187 Å². The minimum Gasteiger partial charge on any atom is -0.486 e. The molecule has 178 valence electrons. The number of carbonyl (C=O) groups is 2. The van der Waals surface area contributed by atoms with Crippen LogP contribution in [-0.4, -0.2) is 44.7 Å². The zero-order chi connectivity index (χ0) is 24.4. The van der Waals surface area contributed by atoms with E-state index in [-0.39, 0.29) is 42.5 Å². The summed E-state index contributed by atoms with van der Waals surface area (Å²) in [7, 11) is -4.49. The van der Waals surface area contributed by atoms with Crippen molar-refractivity contribution in [2.24, 2.45) is 0 Å². The second-order valence-corrected chi connectivity index (χ2v) is 9.05. The Morgan fingerprint density at radius 2 is 1.94 bits per heavy atom. The summed E-state index contributed by atoms with van der Waals surface area (Å²) in [5, 5.41) is 13.6. The van der Waals surface area contributed by atoms with Crippen molar-refractivity contribution in [2.75, 3.05) is 22.7 Å². The molecule has 1 heterocycles. The Hall–Kier alpha value is -3.48. The molecule has 3 N–H and O–H groups in total. The maximum Gasteiger partial charge on any atom is 0.416 e. The first-order valence-electron chi connectivity index (χ1n) is 9.63. The van der Waals surface area contributed by atoms with E-state index >= 15 is 0 Å². The van der Waals surface area contributed by atoms with Crippen LogP contribution in [0, 0.1) is 0 Å². The van der Waals surface area contributed by atoms with Crippen LogP contribution in [-0.2, 0) is 21.0 Å². The van der Waals surface area contributed by atoms with Gasteiger partial charge in [0.2, 0.25) is 5.91 Å². The lowest BCUT2D eigenvalue weighted by molar-refractivity contribution is -0.137. The zero-order valence-corrected chi connectivity index (χ0v) is 18.0. The molecule has 1 atom stereocenters. The van der Waals surface area contributed by atoms with Gasteiger partial charge in [0, 0.05) is 25.6 Å². The molecule has 0 saturated carbocycles. The Balaban J connectivity index is 2.03. The van der Waals surface area contributed by atoms with Crippen LogP contribution in [0.1, 0.15) is 18.9 Å². The van der Waals surface area contributed by atoms with Crippen molar-refractivity contribution in [1.29, 1.82) is 0 Å². The van der Waals surface area contributed by atoms with E-state index in [0.717, 1.165) is 22.5 Å². The molecule has 2 amide bonds. The van der Waals surface area contributed by atoms with Gasteiger partial charge in [-0.3, -0.25) is 14.4 Å². The SMILES string of the molecule is CC(=O)NCCC1CN(S(=O)(=O)c2cccc(C(F)(F)F)c2)c2cc(NC(=O)O)ccc2O1. The molecule has 0 fully saturated rings. The first-order chi connectivity index (χ1) is 15.4. The van der Waals surface area contributed by atoms with Gasteiger partial charge in [-0.25, -0.2) is 13.2 Å². The van der Waals surface area contributed by atoms with Crippen molar-refractivity contribution in [1.82, 2.24) is 5.32 Å². The van der Waals surface area contributed by atoms with Crippen LogP contribution >= 0.6 is 0 Å². The smallest absolute Gasteiger partial charge is 0.416 e. The molecule has 0 radical (unpaired) electrons. The summed E-state index contributed by atoms with van der Waals surface area (Å²) in [6, 6.07) is 7.28. The topological polar surface area (TPSA) is 125 Å². The van der Waals surface area contributed by atoms with Crippen molar-refractivity contribution in [3.05, 3.63) is 48.0 Å². The highest BCUT2D eigenvalue weighted by molar-refractivity contribution is 7.92. The molecule has 1 aliphatic rings. The Bertz CT molecular complexity index is 1170. The van der Waals surface area contributed by atoms with Crippen LogP contribution in [0.2, 0.25) is 0 Å². The molecule has 0 aromatic heterocycles. The van der Waals surface area contributed by atoms with E-state index in [1.165, 1.54) is 25.1 Å². The molecule has 2 aromatic carbocycles. The Morgan fingerprint density at radius 1 is 1.21 bits per heavy atom. The van der Waals surface area contributed by atoms with Gasteiger partial charge in [0.15, 0.2) is 0 Å². The number of amides is 2. The van der Waals surface area contributed by atoms with Gasteiger partial charge in [0.05, 0.1) is 22.7 Å². The number of hydrogen-bond donors (Lipinski definition) is 3. The minimum absolute atomic E-state index is 0.0329. The van der Waals surface area contributed by atoms with Crippen molar-refractivity contribution in [2.45, 2.75) is 30.5 Å². The summed E-state index contributed by atoms with van der Waals surface area (Å²) in [5.41, 5.74) is -1.11. The van der Waals surface area contributed by atoms with E-state index in [9.17, 15) is 31.2 Å². The van der Waals surface area contributed by atoms with E-state index in [4.69, 9.17) is 9.84 Å². The van der Waals surface area contributed by atoms with Crippen LogP contribution in [0.5, 0.6) is 5.75 Å². The maximum atomic E-state index is 13.4. The number of nitrogens with one attached hydrogen (secondary N) is 2. The van der Waals surface area contributed by atoms with Crippen LogP contribution < -0.4 is 19.7 Å². The third-order valence-corrected chi connectivity index (χ3v) is 6.51. The summed E-state index contributed by atoms with van der Waals surface area (Å²) < 4.78 is 72.9. The first-order valence-corrected chi connectivity index (χ1v) is 11.1. The lowest BCUT2D eigenvalue weighted by Crippen LogP contribution is -2.44. The number of ether oxygens (including phenoxy) is 1. The summed E-state index contributed by atoms with van der Waals surface area (Å²) in [5.74, 6) is -0.190. The fourth-order valence-corrected chi connectivity index (χ4v) is 4.81. The molecule has 1 unspecified atom stereocenters. The molecule has 1 aliphatic heterocycles. The fraction of sp³-hybridized carbons (Fsp3) is 0.300. The predicted molar refractivity (Wildman–Crippen MR) is 112 cm³/mol. The molecule has 13 heteroatoms. The van der Waals surface area contributed by atoms with Gasteiger partial charge in [-0.15, -0.1) is 0 Å². The van der Waals surface area contributed by atoms with Crippen molar-refractivity contribution < 1.29 is 41.0 Å². The number of nitrogens with zero attached hydrogens (tertiary/aromatic N) is 1. The summed E-state index contributed by atoms with van der Waals surface area (Å²) >= 11 is 0. The van der Waals surface area contributed by atoms with Gasteiger partial charge >= 0.3 is 12.3 Å². The van der Waals surface area contributed by atoms with Gasteiger partial charge in [-0.1, -0.05) is 6.07 Å². The Kier molecular flexibility index (Phi) is 6.72. The van der Waals surface area contributed by atoms with Gasteiger partial charge < -0.3 is 15.2 Å². The normalized spacial score (nSPS) is 15.9. The minimum atomic E-state index is -4.74. The number of sulfonamides is 1. The predicted octanol–water partition coefficient (Wildman–Crippen LogP) is 3.28. The van der Waals surface area contributed by atoms with Gasteiger partial charge in [-0.2, -0.15) is 13.2 Å². The third kappa shape index (κ3) is 5.66. The molecule has 0 aliphatic carbocycles. The number of fused-ring (bicyclic) bond motifs is 1. The molecule has 33 heavy (non-hydrogen) atoms. The molecule has 0 spiro atoms. The van der Waals surface area contributed by atoms with E-state index in [2.05, 4.69) is 10.6 Å². The zero-order valence-electron chi connectivity index (χ0n) is 17.2. The summed E-state index contributed by atoms with van der Waals surface area (Å²) in [4.78, 5) is 21.5. The highest BCUT2D eigenvalue weighted by Crippen LogP contribution is 2.40. The molecule has 0 bridgehead atoms. The monoisotopic (exact) mass is 487 g/mol. The number of alkyl halides is 3.